The maximum atomic E-state index is 11.9. The SMILES string of the molecule is CNC(=O)CCC12CCC(c3ccccc31)C1C=CC=CC12. The molecule has 0 aliphatic heterocycles. The van der Waals surface area contributed by atoms with Crippen molar-refractivity contribution in [2.45, 2.75) is 37.0 Å². The first kappa shape index (κ1) is 13.8. The molecule has 4 atom stereocenters. The fourth-order valence-corrected chi connectivity index (χ4v) is 5.17. The van der Waals surface area contributed by atoms with E-state index in [1.54, 1.807) is 7.05 Å². The van der Waals surface area contributed by atoms with E-state index in [1.807, 2.05) is 0 Å². The average Bonchev–Trinajstić information content (AvgIpc) is 2.60. The van der Waals surface area contributed by atoms with Gasteiger partial charge in [-0.2, -0.15) is 0 Å². The van der Waals surface area contributed by atoms with Crippen LogP contribution in [0, 0.1) is 11.8 Å². The van der Waals surface area contributed by atoms with Crippen molar-refractivity contribution in [3.63, 3.8) is 0 Å². The number of allylic oxidation sites excluding steroid dienone is 4. The molecule has 4 unspecified atom stereocenters. The number of hydrogen-bond donors (Lipinski definition) is 1. The minimum atomic E-state index is 0.143. The Morgan fingerprint density at radius 2 is 2.09 bits per heavy atom. The fourth-order valence-electron chi connectivity index (χ4n) is 5.17. The first-order valence-corrected chi connectivity index (χ1v) is 8.41. The normalized spacial score (nSPS) is 34.1. The summed E-state index contributed by atoms with van der Waals surface area (Å²) in [5, 5.41) is 2.78. The summed E-state index contributed by atoms with van der Waals surface area (Å²) in [7, 11) is 1.73. The summed E-state index contributed by atoms with van der Waals surface area (Å²) < 4.78 is 0. The number of hydrogen-bond acceptors (Lipinski definition) is 1. The molecule has 1 N–H and O–H groups in total. The molecule has 1 saturated carbocycles. The van der Waals surface area contributed by atoms with Crippen LogP contribution in [0.1, 0.15) is 42.7 Å². The van der Waals surface area contributed by atoms with Crippen molar-refractivity contribution in [3.05, 3.63) is 59.7 Å². The zero-order chi connectivity index (χ0) is 15.2. The van der Waals surface area contributed by atoms with Gasteiger partial charge in [-0.05, 0) is 48.1 Å². The molecule has 2 heteroatoms. The highest BCUT2D eigenvalue weighted by Crippen LogP contribution is 2.62. The number of carbonyl (C=O) groups is 1. The average molecular weight is 293 g/mol. The lowest BCUT2D eigenvalue weighted by Gasteiger charge is -2.57. The van der Waals surface area contributed by atoms with Crippen LogP contribution in [-0.4, -0.2) is 13.0 Å². The van der Waals surface area contributed by atoms with Crippen molar-refractivity contribution in [2.24, 2.45) is 11.8 Å². The zero-order valence-electron chi connectivity index (χ0n) is 13.1. The zero-order valence-corrected chi connectivity index (χ0v) is 13.1. The van der Waals surface area contributed by atoms with Crippen LogP contribution in [0.3, 0.4) is 0 Å². The maximum absolute atomic E-state index is 11.9. The highest BCUT2D eigenvalue weighted by atomic mass is 16.1. The Balaban J connectivity index is 1.80. The molecule has 4 aliphatic carbocycles. The fraction of sp³-hybridized carbons (Fsp3) is 0.450. The van der Waals surface area contributed by atoms with E-state index in [0.29, 0.717) is 24.2 Å². The molecule has 5 rings (SSSR count). The Bertz CT molecular complexity index is 659. The van der Waals surface area contributed by atoms with Gasteiger partial charge in [-0.1, -0.05) is 48.6 Å². The second-order valence-electron chi connectivity index (χ2n) is 6.93. The summed E-state index contributed by atoms with van der Waals surface area (Å²) in [5.74, 6) is 1.98. The van der Waals surface area contributed by atoms with Gasteiger partial charge in [0.1, 0.15) is 0 Å². The summed E-state index contributed by atoms with van der Waals surface area (Å²) in [6.07, 6.45) is 13.2. The lowest BCUT2D eigenvalue weighted by Crippen LogP contribution is -2.50. The Hall–Kier alpha value is -1.83. The highest BCUT2D eigenvalue weighted by molar-refractivity contribution is 5.75. The van der Waals surface area contributed by atoms with E-state index in [0.717, 1.165) is 6.42 Å². The maximum Gasteiger partial charge on any atom is 0.219 e. The van der Waals surface area contributed by atoms with E-state index >= 15 is 0 Å². The number of carbonyl (C=O) groups excluding carboxylic acids is 1. The minimum Gasteiger partial charge on any atom is -0.359 e. The largest absolute Gasteiger partial charge is 0.359 e. The van der Waals surface area contributed by atoms with E-state index in [9.17, 15) is 4.79 Å². The summed E-state index contributed by atoms with van der Waals surface area (Å²) in [6.45, 7) is 0. The molecule has 1 aromatic carbocycles. The standard InChI is InChI=1S/C20H23NO/c1-21-19(22)11-13-20-12-10-14(15-6-2-4-8-17(15)20)16-7-3-5-9-18(16)20/h2-9,14-15,17H,10-13H2,1H3,(H,21,22). The van der Waals surface area contributed by atoms with Crippen LogP contribution in [0.2, 0.25) is 0 Å². The van der Waals surface area contributed by atoms with Gasteiger partial charge in [0, 0.05) is 18.9 Å². The van der Waals surface area contributed by atoms with Crippen LogP contribution in [0.25, 0.3) is 0 Å². The molecule has 2 bridgehead atoms. The van der Waals surface area contributed by atoms with Crippen LogP contribution < -0.4 is 5.32 Å². The lowest BCUT2D eigenvalue weighted by atomic mass is 9.47. The molecule has 2 nitrogen and oxygen atoms in total. The van der Waals surface area contributed by atoms with Gasteiger partial charge < -0.3 is 5.32 Å². The number of amides is 1. The van der Waals surface area contributed by atoms with E-state index < -0.39 is 0 Å². The smallest absolute Gasteiger partial charge is 0.219 e. The van der Waals surface area contributed by atoms with Gasteiger partial charge in [-0.15, -0.1) is 0 Å². The van der Waals surface area contributed by atoms with Gasteiger partial charge in [-0.25, -0.2) is 0 Å². The first-order chi connectivity index (χ1) is 10.8. The third-order valence-electron chi connectivity index (χ3n) is 6.16. The van der Waals surface area contributed by atoms with Crippen LogP contribution in [0.15, 0.2) is 48.6 Å². The molecule has 0 spiro atoms. The lowest BCUT2D eigenvalue weighted by molar-refractivity contribution is -0.121. The predicted octanol–water partition coefficient (Wildman–Crippen LogP) is 3.70. The van der Waals surface area contributed by atoms with Crippen molar-refractivity contribution < 1.29 is 4.79 Å². The monoisotopic (exact) mass is 293 g/mol. The van der Waals surface area contributed by atoms with Crippen molar-refractivity contribution in [3.8, 4) is 0 Å². The van der Waals surface area contributed by atoms with Crippen LogP contribution in [-0.2, 0) is 10.2 Å². The van der Waals surface area contributed by atoms with Crippen molar-refractivity contribution >= 4 is 5.91 Å². The summed E-state index contributed by atoms with van der Waals surface area (Å²) in [4.78, 5) is 11.9. The third-order valence-corrected chi connectivity index (χ3v) is 6.16. The molecule has 114 valence electrons. The van der Waals surface area contributed by atoms with Crippen LogP contribution in [0.5, 0.6) is 0 Å². The summed E-state index contributed by atoms with van der Waals surface area (Å²) in [5.41, 5.74) is 3.19. The van der Waals surface area contributed by atoms with Crippen molar-refractivity contribution in [2.75, 3.05) is 7.05 Å². The molecule has 0 radical (unpaired) electrons. The molecule has 0 aromatic heterocycles. The topological polar surface area (TPSA) is 29.1 Å². The van der Waals surface area contributed by atoms with Gasteiger partial charge in [0.15, 0.2) is 0 Å². The van der Waals surface area contributed by atoms with Gasteiger partial charge in [0.2, 0.25) is 5.91 Å². The molecule has 1 fully saturated rings. The second kappa shape index (κ2) is 5.12. The van der Waals surface area contributed by atoms with E-state index in [2.05, 4.69) is 53.9 Å². The van der Waals surface area contributed by atoms with Crippen LogP contribution >= 0.6 is 0 Å². The van der Waals surface area contributed by atoms with Gasteiger partial charge in [-0.3, -0.25) is 4.79 Å². The van der Waals surface area contributed by atoms with Gasteiger partial charge in [0.25, 0.3) is 0 Å². The molecule has 1 aromatic rings. The quantitative estimate of drug-likeness (QED) is 0.904. The minimum absolute atomic E-state index is 0.143. The molecular formula is C20H23NO. The Labute approximate surface area is 132 Å². The van der Waals surface area contributed by atoms with Gasteiger partial charge >= 0.3 is 0 Å². The molecule has 0 heterocycles. The first-order valence-electron chi connectivity index (χ1n) is 8.41. The second-order valence-corrected chi connectivity index (χ2v) is 6.93. The Morgan fingerprint density at radius 3 is 2.95 bits per heavy atom. The van der Waals surface area contributed by atoms with Crippen molar-refractivity contribution in [1.29, 1.82) is 0 Å². The molecule has 4 aliphatic rings. The molecule has 0 saturated heterocycles. The number of fused-ring (bicyclic) bond motifs is 1. The predicted molar refractivity (Wildman–Crippen MR) is 88.7 cm³/mol. The van der Waals surface area contributed by atoms with Gasteiger partial charge in [0.05, 0.1) is 0 Å². The molecule has 1 amide bonds. The Morgan fingerprint density at radius 1 is 1.27 bits per heavy atom. The van der Waals surface area contributed by atoms with E-state index in [1.165, 1.54) is 24.0 Å². The molecule has 22 heavy (non-hydrogen) atoms. The Kier molecular flexibility index (Phi) is 3.21. The van der Waals surface area contributed by atoms with Crippen LogP contribution in [0.4, 0.5) is 0 Å². The number of rotatable bonds is 3. The number of nitrogens with one attached hydrogen (secondary N) is 1. The van der Waals surface area contributed by atoms with E-state index in [4.69, 9.17) is 0 Å². The van der Waals surface area contributed by atoms with Crippen molar-refractivity contribution in [1.82, 2.24) is 5.32 Å². The number of benzene rings is 1. The third kappa shape index (κ3) is 1.83. The summed E-state index contributed by atoms with van der Waals surface area (Å²) >= 11 is 0. The summed E-state index contributed by atoms with van der Waals surface area (Å²) in [6, 6.07) is 8.96. The van der Waals surface area contributed by atoms with E-state index in [-0.39, 0.29) is 11.3 Å². The molecular weight excluding hydrogens is 270 g/mol. The highest BCUT2D eigenvalue weighted by Gasteiger charge is 2.54.